The van der Waals surface area contributed by atoms with E-state index in [1.165, 1.54) is 17.4 Å². The van der Waals surface area contributed by atoms with Crippen LogP contribution in [-0.2, 0) is 4.79 Å². The highest BCUT2D eigenvalue weighted by atomic mass is 19.1. The molecular formula is C32H35FN8O2. The highest BCUT2D eigenvalue weighted by Crippen LogP contribution is 2.36. The van der Waals surface area contributed by atoms with Gasteiger partial charge in [0.15, 0.2) is 0 Å². The zero-order chi connectivity index (χ0) is 29.9. The van der Waals surface area contributed by atoms with Gasteiger partial charge in [0.05, 0.1) is 24.5 Å². The second-order valence-corrected chi connectivity index (χ2v) is 11.3. The molecule has 1 amide bonds. The van der Waals surface area contributed by atoms with Crippen LogP contribution in [0, 0.1) is 23.1 Å². The van der Waals surface area contributed by atoms with E-state index in [1.807, 2.05) is 29.3 Å². The number of hydrogen-bond acceptors (Lipinski definition) is 9. The lowest BCUT2D eigenvalue weighted by atomic mass is 9.94. The van der Waals surface area contributed by atoms with Crippen molar-refractivity contribution in [1.29, 1.82) is 5.26 Å². The van der Waals surface area contributed by atoms with E-state index in [0.717, 1.165) is 38.8 Å². The van der Waals surface area contributed by atoms with Crippen LogP contribution in [0.25, 0.3) is 5.70 Å². The average Bonchev–Trinajstić information content (AvgIpc) is 3.63. The van der Waals surface area contributed by atoms with Gasteiger partial charge in [0.25, 0.3) is 5.91 Å². The molecule has 0 spiro atoms. The van der Waals surface area contributed by atoms with Gasteiger partial charge in [-0.25, -0.2) is 15.2 Å². The molecule has 2 aromatic rings. The molecule has 0 aromatic heterocycles. The fourth-order valence-electron chi connectivity index (χ4n) is 6.09. The molecule has 222 valence electrons. The molecule has 2 fully saturated rings. The lowest BCUT2D eigenvalue weighted by Gasteiger charge is -2.32. The predicted octanol–water partition coefficient (Wildman–Crippen LogP) is 3.95. The van der Waals surface area contributed by atoms with Crippen molar-refractivity contribution in [2.75, 3.05) is 33.2 Å². The van der Waals surface area contributed by atoms with Crippen LogP contribution in [0.3, 0.4) is 0 Å². The average molecular weight is 583 g/mol. The topological polar surface area (TPSA) is 113 Å². The summed E-state index contributed by atoms with van der Waals surface area (Å²) >= 11 is 0. The summed E-state index contributed by atoms with van der Waals surface area (Å²) in [7, 11) is 2.09. The normalized spacial score (nSPS) is 21.1. The first-order valence-electron chi connectivity index (χ1n) is 14.6. The Morgan fingerprint density at radius 2 is 1.95 bits per heavy atom. The first-order valence-corrected chi connectivity index (χ1v) is 14.6. The van der Waals surface area contributed by atoms with Gasteiger partial charge in [0, 0.05) is 18.2 Å². The summed E-state index contributed by atoms with van der Waals surface area (Å²) in [5.41, 5.74) is 5.59. The smallest absolute Gasteiger partial charge is 0.264 e. The van der Waals surface area contributed by atoms with Crippen LogP contribution in [0.4, 0.5) is 4.39 Å². The van der Waals surface area contributed by atoms with Crippen molar-refractivity contribution < 1.29 is 13.9 Å². The minimum Gasteiger partial charge on any atom is -0.457 e. The summed E-state index contributed by atoms with van der Waals surface area (Å²) in [5.74, 6) is 6.80. The summed E-state index contributed by atoms with van der Waals surface area (Å²) < 4.78 is 21.4. The Labute approximate surface area is 250 Å². The number of carbonyl (C=O) groups excluding carboxylic acids is 1. The summed E-state index contributed by atoms with van der Waals surface area (Å²) in [6.07, 6.45) is 8.50. The first kappa shape index (κ1) is 28.5. The summed E-state index contributed by atoms with van der Waals surface area (Å²) in [6.45, 7) is 2.90. The monoisotopic (exact) mass is 582 g/mol. The van der Waals surface area contributed by atoms with E-state index in [9.17, 15) is 10.1 Å². The van der Waals surface area contributed by atoms with Crippen molar-refractivity contribution in [2.45, 2.75) is 31.7 Å². The maximum atomic E-state index is 15.6. The number of ether oxygens (including phenoxy) is 1. The Morgan fingerprint density at radius 1 is 1.16 bits per heavy atom. The molecule has 0 unspecified atom stereocenters. The highest BCUT2D eigenvalue weighted by Gasteiger charge is 2.38. The number of allylic oxidation sites excluding steroid dienone is 1. The Bertz CT molecular complexity index is 1540. The predicted molar refractivity (Wildman–Crippen MR) is 161 cm³/mol. The quantitative estimate of drug-likeness (QED) is 0.287. The third kappa shape index (κ3) is 5.98. The molecule has 2 saturated heterocycles. The number of carbonyl (C=O) groups is 1. The van der Waals surface area contributed by atoms with Crippen LogP contribution in [0.1, 0.15) is 31.2 Å². The van der Waals surface area contributed by atoms with Crippen LogP contribution in [-0.4, -0.2) is 71.3 Å². The Balaban J connectivity index is 1.20. The third-order valence-corrected chi connectivity index (χ3v) is 8.40. The largest absolute Gasteiger partial charge is 0.457 e. The fourth-order valence-corrected chi connectivity index (χ4v) is 6.09. The molecule has 11 heteroatoms. The zero-order valence-corrected chi connectivity index (χ0v) is 24.1. The molecule has 2 aromatic carbocycles. The van der Waals surface area contributed by atoms with Gasteiger partial charge >= 0.3 is 0 Å². The number of rotatable bonds is 7. The van der Waals surface area contributed by atoms with E-state index in [2.05, 4.69) is 28.4 Å². The molecule has 4 aliphatic rings. The van der Waals surface area contributed by atoms with E-state index >= 15 is 4.39 Å². The molecular weight excluding hydrogens is 547 g/mol. The molecule has 43 heavy (non-hydrogen) atoms. The van der Waals surface area contributed by atoms with E-state index in [-0.39, 0.29) is 23.4 Å². The molecule has 3 N–H and O–H groups in total. The van der Waals surface area contributed by atoms with E-state index < -0.39 is 5.82 Å². The minimum absolute atomic E-state index is 0.153. The number of piperidine rings is 1. The zero-order valence-electron chi connectivity index (χ0n) is 24.1. The number of hydrogen-bond donors (Lipinski definition) is 2. The number of aliphatic imine (C=N–C) groups is 1. The Hall–Kier alpha value is -4.66. The van der Waals surface area contributed by atoms with Crippen molar-refractivity contribution in [2.24, 2.45) is 16.8 Å². The number of halogens is 1. The highest BCUT2D eigenvalue weighted by molar-refractivity contribution is 5.97. The van der Waals surface area contributed by atoms with Crippen molar-refractivity contribution in [1.82, 2.24) is 25.2 Å². The van der Waals surface area contributed by atoms with E-state index in [1.54, 1.807) is 35.4 Å². The molecule has 4 heterocycles. The van der Waals surface area contributed by atoms with Crippen LogP contribution >= 0.6 is 0 Å². The SMILES string of the molecule is CN1CCC(C=C(C#N)C(=O)N2CCC[C@H]2CN2NC(c3ccc(Oc4ccccc4)cc3F)=C3C2=CN=CN3N)CC1. The maximum Gasteiger partial charge on any atom is 0.264 e. The number of likely N-dealkylation sites (tertiary alicyclic amines) is 2. The molecule has 0 radical (unpaired) electrons. The molecule has 0 aliphatic carbocycles. The van der Waals surface area contributed by atoms with Crippen molar-refractivity contribution in [3.05, 3.63) is 89.2 Å². The number of benzene rings is 2. The van der Waals surface area contributed by atoms with Crippen molar-refractivity contribution in [3.63, 3.8) is 0 Å². The van der Waals surface area contributed by atoms with Crippen molar-refractivity contribution in [3.8, 4) is 17.6 Å². The van der Waals surface area contributed by atoms with Gasteiger partial charge in [0.1, 0.15) is 46.7 Å². The van der Waals surface area contributed by atoms with Crippen LogP contribution < -0.4 is 16.0 Å². The molecule has 1 atom stereocenters. The van der Waals surface area contributed by atoms with E-state index in [0.29, 0.717) is 47.2 Å². The number of nitrogens with two attached hydrogens (primary N) is 1. The number of nitrogens with zero attached hydrogens (tertiary/aromatic N) is 6. The van der Waals surface area contributed by atoms with Crippen molar-refractivity contribution >= 4 is 17.9 Å². The van der Waals surface area contributed by atoms with E-state index in [4.69, 9.17) is 10.6 Å². The Kier molecular flexibility index (Phi) is 8.13. The van der Waals surface area contributed by atoms with Gasteiger partial charge in [-0.3, -0.25) is 20.2 Å². The van der Waals surface area contributed by atoms with Gasteiger partial charge in [-0.05, 0) is 76.0 Å². The lowest BCUT2D eigenvalue weighted by Crippen LogP contribution is -2.46. The van der Waals surface area contributed by atoms with Crippen LogP contribution in [0.2, 0.25) is 0 Å². The number of amides is 1. The molecule has 0 saturated carbocycles. The molecule has 6 rings (SSSR count). The number of nitriles is 1. The van der Waals surface area contributed by atoms with Gasteiger partial charge in [0.2, 0.25) is 0 Å². The number of nitrogens with one attached hydrogen (secondary N) is 1. The number of para-hydroxylation sites is 1. The molecule has 0 bridgehead atoms. The van der Waals surface area contributed by atoms with Gasteiger partial charge in [-0.15, -0.1) is 0 Å². The Morgan fingerprint density at radius 3 is 2.70 bits per heavy atom. The first-order chi connectivity index (χ1) is 20.9. The molecule has 10 nitrogen and oxygen atoms in total. The minimum atomic E-state index is -0.476. The summed E-state index contributed by atoms with van der Waals surface area (Å²) in [4.78, 5) is 21.9. The maximum absolute atomic E-state index is 15.6. The van der Waals surface area contributed by atoms with Gasteiger partial charge in [-0.1, -0.05) is 24.3 Å². The fraction of sp³-hybridized carbons (Fsp3) is 0.344. The standard InChI is InChI=1S/C32H35FN8O2/c1-38-14-11-22(12-15-38)16-23(18-34)32(42)39-13-5-6-24(39)20-41-29-19-36-21-40(35)31(29)30(37-41)27-10-9-26(17-28(27)33)43-25-7-3-2-4-8-25/h2-4,7-10,16-17,19,21-22,24,37H,5-6,11-15,20,35H2,1H3/t24-/m0/s1. The summed E-state index contributed by atoms with van der Waals surface area (Å²) in [5, 5.41) is 13.1. The second-order valence-electron chi connectivity index (χ2n) is 11.3. The number of fused-ring (bicyclic) bond motifs is 1. The van der Waals surface area contributed by atoms with Gasteiger partial charge in [-0.2, -0.15) is 5.26 Å². The molecule has 4 aliphatic heterocycles. The third-order valence-electron chi connectivity index (χ3n) is 8.40. The second kappa shape index (κ2) is 12.3. The summed E-state index contributed by atoms with van der Waals surface area (Å²) in [6, 6.07) is 15.9. The lowest BCUT2D eigenvalue weighted by molar-refractivity contribution is -0.127. The number of hydrazine groups is 2. The van der Waals surface area contributed by atoms with Gasteiger partial charge < -0.3 is 14.5 Å². The van der Waals surface area contributed by atoms with Crippen LogP contribution in [0.5, 0.6) is 11.5 Å². The van der Waals surface area contributed by atoms with Crippen LogP contribution in [0.15, 0.2) is 82.8 Å².